The minimum Gasteiger partial charge on any atom is -0.496 e. The van der Waals surface area contributed by atoms with Crippen LogP contribution in [0.25, 0.3) is 11.0 Å². The van der Waals surface area contributed by atoms with Gasteiger partial charge in [-0.05, 0) is 42.3 Å². The van der Waals surface area contributed by atoms with Gasteiger partial charge in [0.1, 0.15) is 16.8 Å². The summed E-state index contributed by atoms with van der Waals surface area (Å²) in [7, 11) is -2.23. The highest BCUT2D eigenvalue weighted by molar-refractivity contribution is 7.90. The van der Waals surface area contributed by atoms with E-state index in [1.165, 1.54) is 6.07 Å². The second-order valence-corrected chi connectivity index (χ2v) is 6.52. The fraction of sp³-hybridized carbons (Fsp3) is 0.200. The number of aromatic nitrogens is 3. The largest absolute Gasteiger partial charge is 0.496 e. The van der Waals surface area contributed by atoms with Crippen molar-refractivity contribution in [3.8, 4) is 5.75 Å². The van der Waals surface area contributed by atoms with E-state index in [0.29, 0.717) is 23.2 Å². The third-order valence-corrected chi connectivity index (χ3v) is 5.05. The Kier molecular flexibility index (Phi) is 3.58. The van der Waals surface area contributed by atoms with Crippen LogP contribution in [0.3, 0.4) is 0 Å². The summed E-state index contributed by atoms with van der Waals surface area (Å²) in [6, 6.07) is 11.7. The molecule has 0 saturated carbocycles. The fourth-order valence-electron chi connectivity index (χ4n) is 2.32. The Hall–Kier alpha value is -2.41. The summed E-state index contributed by atoms with van der Waals surface area (Å²) in [5, 5.41) is 7.68. The van der Waals surface area contributed by atoms with Crippen LogP contribution in [0.2, 0.25) is 0 Å². The molecule has 3 rings (SSSR count). The van der Waals surface area contributed by atoms with Gasteiger partial charge >= 0.3 is 0 Å². The summed E-state index contributed by atoms with van der Waals surface area (Å²) in [5.74, 6) is 0.671. The molecule has 2 aromatic carbocycles. The number of fused-ring (bicyclic) bond motifs is 1. The third kappa shape index (κ3) is 2.23. The Labute approximate surface area is 128 Å². The lowest BCUT2D eigenvalue weighted by Crippen LogP contribution is -2.15. The molecule has 0 atom stereocenters. The molecule has 0 aliphatic rings. The Morgan fingerprint density at radius 1 is 1.18 bits per heavy atom. The zero-order valence-corrected chi connectivity index (χ0v) is 13.0. The Balaban J connectivity index is 2.18. The average Bonchev–Trinajstić information content (AvgIpc) is 2.98. The van der Waals surface area contributed by atoms with Crippen molar-refractivity contribution >= 4 is 21.1 Å². The van der Waals surface area contributed by atoms with Crippen molar-refractivity contribution in [3.63, 3.8) is 0 Å². The maximum Gasteiger partial charge on any atom is 0.284 e. The molecule has 0 amide bonds. The van der Waals surface area contributed by atoms with Gasteiger partial charge in [-0.2, -0.15) is 8.42 Å². The first-order valence-corrected chi connectivity index (χ1v) is 8.25. The fourth-order valence-corrected chi connectivity index (χ4v) is 3.59. The lowest BCUT2D eigenvalue weighted by molar-refractivity contribution is 0.409. The molecule has 3 aromatic rings. The van der Waals surface area contributed by atoms with Crippen molar-refractivity contribution in [2.45, 2.75) is 18.2 Å². The second-order valence-electron chi connectivity index (χ2n) is 4.75. The van der Waals surface area contributed by atoms with Crippen molar-refractivity contribution in [2.24, 2.45) is 0 Å². The molecule has 22 heavy (non-hydrogen) atoms. The van der Waals surface area contributed by atoms with Crippen LogP contribution in [0.15, 0.2) is 47.4 Å². The Morgan fingerprint density at radius 3 is 2.68 bits per heavy atom. The van der Waals surface area contributed by atoms with E-state index in [9.17, 15) is 8.42 Å². The van der Waals surface area contributed by atoms with Crippen LogP contribution in [-0.2, 0) is 16.4 Å². The molecule has 0 fully saturated rings. The smallest absolute Gasteiger partial charge is 0.284 e. The number of hydrogen-bond donors (Lipinski definition) is 0. The predicted molar refractivity (Wildman–Crippen MR) is 82.5 cm³/mol. The summed E-state index contributed by atoms with van der Waals surface area (Å²) in [6.07, 6.45) is 0.671. The van der Waals surface area contributed by atoms with Gasteiger partial charge in [0, 0.05) is 0 Å². The quantitative estimate of drug-likeness (QED) is 0.738. The lowest BCUT2D eigenvalue weighted by Gasteiger charge is -2.10. The molecule has 0 saturated heterocycles. The number of nitrogens with zero attached hydrogens (tertiary/aromatic N) is 3. The maximum absolute atomic E-state index is 12.8. The number of hydrogen-bond acceptors (Lipinski definition) is 5. The first-order chi connectivity index (χ1) is 10.6. The minimum absolute atomic E-state index is 0.167. The third-order valence-electron chi connectivity index (χ3n) is 3.48. The molecule has 0 aliphatic carbocycles. The molecule has 7 heteroatoms. The van der Waals surface area contributed by atoms with E-state index in [0.717, 1.165) is 9.65 Å². The number of para-hydroxylation sites is 1. The van der Waals surface area contributed by atoms with E-state index in [-0.39, 0.29) is 4.90 Å². The van der Waals surface area contributed by atoms with E-state index in [1.807, 2.05) is 6.92 Å². The number of aryl methyl sites for hydroxylation is 1. The normalized spacial score (nSPS) is 11.7. The summed E-state index contributed by atoms with van der Waals surface area (Å²) in [4.78, 5) is 0.167. The molecule has 1 heterocycles. The highest BCUT2D eigenvalue weighted by Crippen LogP contribution is 2.25. The van der Waals surface area contributed by atoms with Crippen LogP contribution < -0.4 is 4.74 Å². The van der Waals surface area contributed by atoms with Gasteiger partial charge in [0.2, 0.25) is 0 Å². The monoisotopic (exact) mass is 317 g/mol. The van der Waals surface area contributed by atoms with Gasteiger partial charge in [0.15, 0.2) is 0 Å². The molecular weight excluding hydrogens is 302 g/mol. The number of methoxy groups -OCH3 is 1. The van der Waals surface area contributed by atoms with Crippen molar-refractivity contribution in [3.05, 3.63) is 48.0 Å². The molecule has 0 bridgehead atoms. The zero-order valence-electron chi connectivity index (χ0n) is 12.2. The second kappa shape index (κ2) is 5.42. The maximum atomic E-state index is 12.8. The van der Waals surface area contributed by atoms with Crippen LogP contribution in [0, 0.1) is 0 Å². The van der Waals surface area contributed by atoms with Gasteiger partial charge in [0.25, 0.3) is 10.0 Å². The lowest BCUT2D eigenvalue weighted by atomic mass is 10.1. The van der Waals surface area contributed by atoms with E-state index in [1.54, 1.807) is 43.5 Å². The number of benzene rings is 2. The molecule has 6 nitrogen and oxygen atoms in total. The highest BCUT2D eigenvalue weighted by atomic mass is 32.2. The summed E-state index contributed by atoms with van der Waals surface area (Å²) >= 11 is 0. The highest BCUT2D eigenvalue weighted by Gasteiger charge is 2.22. The number of ether oxygens (including phenoxy) is 1. The first kappa shape index (κ1) is 14.5. The molecule has 0 aliphatic heterocycles. The Morgan fingerprint density at radius 2 is 1.95 bits per heavy atom. The van der Waals surface area contributed by atoms with Crippen LogP contribution in [0.5, 0.6) is 5.75 Å². The molecule has 0 N–H and O–H groups in total. The summed E-state index contributed by atoms with van der Waals surface area (Å²) in [5.41, 5.74) is 1.82. The van der Waals surface area contributed by atoms with Crippen LogP contribution in [-0.4, -0.2) is 29.9 Å². The molecule has 0 unspecified atom stereocenters. The minimum atomic E-state index is -3.79. The van der Waals surface area contributed by atoms with E-state index < -0.39 is 10.0 Å². The van der Waals surface area contributed by atoms with Crippen LogP contribution in [0.1, 0.15) is 12.5 Å². The van der Waals surface area contributed by atoms with Crippen molar-refractivity contribution in [1.82, 2.24) is 14.4 Å². The summed E-state index contributed by atoms with van der Waals surface area (Å²) in [6.45, 7) is 1.94. The molecule has 0 radical (unpaired) electrons. The predicted octanol–water partition coefficient (Wildman–Crippen LogP) is 2.24. The van der Waals surface area contributed by atoms with Gasteiger partial charge in [-0.25, -0.2) is 0 Å². The molecule has 1 aromatic heterocycles. The standard InChI is InChI=1S/C15H15N3O3S/c1-3-11-10-12(8-9-15(11)21-2)22(19,20)18-14-7-5-4-6-13(14)16-17-18/h4-10H,3H2,1-2H3. The van der Waals surface area contributed by atoms with Crippen LogP contribution >= 0.6 is 0 Å². The topological polar surface area (TPSA) is 74.1 Å². The van der Waals surface area contributed by atoms with E-state index in [4.69, 9.17) is 4.74 Å². The van der Waals surface area contributed by atoms with Gasteiger partial charge in [-0.15, -0.1) is 9.19 Å². The average molecular weight is 317 g/mol. The SMILES string of the molecule is CCc1cc(S(=O)(=O)n2nnc3ccccc32)ccc1OC. The number of rotatable bonds is 4. The molecular formula is C15H15N3O3S. The van der Waals surface area contributed by atoms with Crippen molar-refractivity contribution in [1.29, 1.82) is 0 Å². The zero-order chi connectivity index (χ0) is 15.7. The van der Waals surface area contributed by atoms with Gasteiger partial charge < -0.3 is 4.74 Å². The van der Waals surface area contributed by atoms with E-state index in [2.05, 4.69) is 10.3 Å². The molecule has 0 spiro atoms. The first-order valence-electron chi connectivity index (χ1n) is 6.81. The van der Waals surface area contributed by atoms with Crippen LogP contribution in [0.4, 0.5) is 0 Å². The Bertz CT molecular complexity index is 932. The van der Waals surface area contributed by atoms with Gasteiger partial charge in [-0.1, -0.05) is 24.3 Å². The van der Waals surface area contributed by atoms with E-state index >= 15 is 0 Å². The van der Waals surface area contributed by atoms with Crippen molar-refractivity contribution in [2.75, 3.05) is 7.11 Å². The molecule has 114 valence electrons. The summed E-state index contributed by atoms with van der Waals surface area (Å²) < 4.78 is 31.8. The van der Waals surface area contributed by atoms with Gasteiger partial charge in [0.05, 0.1) is 12.0 Å². The van der Waals surface area contributed by atoms with Gasteiger partial charge in [-0.3, -0.25) is 0 Å². The van der Waals surface area contributed by atoms with Crippen molar-refractivity contribution < 1.29 is 13.2 Å².